The molecule has 100 valence electrons. The summed E-state index contributed by atoms with van der Waals surface area (Å²) < 4.78 is 2.34. The first kappa shape index (κ1) is 12.5. The molecule has 19 heavy (non-hydrogen) atoms. The van der Waals surface area contributed by atoms with Gasteiger partial charge in [-0.1, -0.05) is 24.3 Å². The van der Waals surface area contributed by atoms with E-state index in [1.165, 1.54) is 16.6 Å². The Labute approximate surface area is 115 Å². The van der Waals surface area contributed by atoms with Crippen LogP contribution in [0.15, 0.2) is 42.6 Å². The molecule has 0 atom stereocenters. The van der Waals surface area contributed by atoms with Gasteiger partial charge in [0.15, 0.2) is 0 Å². The van der Waals surface area contributed by atoms with Crippen molar-refractivity contribution in [3.63, 3.8) is 0 Å². The maximum atomic E-state index is 2.53. The second kappa shape index (κ2) is 4.53. The van der Waals surface area contributed by atoms with Crippen molar-refractivity contribution in [1.82, 2.24) is 9.47 Å². The molecule has 0 fully saturated rings. The summed E-state index contributed by atoms with van der Waals surface area (Å²) in [4.78, 5) is 2.53. The van der Waals surface area contributed by atoms with Gasteiger partial charge in [-0.25, -0.2) is 0 Å². The molecule has 1 aromatic heterocycles. The Bertz CT molecular complexity index is 613. The van der Waals surface area contributed by atoms with E-state index in [-0.39, 0.29) is 5.54 Å². The van der Waals surface area contributed by atoms with E-state index in [4.69, 9.17) is 0 Å². The van der Waals surface area contributed by atoms with E-state index in [0.29, 0.717) is 0 Å². The van der Waals surface area contributed by atoms with Gasteiger partial charge in [0.2, 0.25) is 0 Å². The van der Waals surface area contributed by atoms with Crippen molar-refractivity contribution in [2.24, 2.45) is 0 Å². The molecule has 2 heterocycles. The van der Waals surface area contributed by atoms with Crippen LogP contribution in [-0.4, -0.2) is 28.1 Å². The lowest BCUT2D eigenvalue weighted by atomic mass is 10.0. The van der Waals surface area contributed by atoms with Gasteiger partial charge >= 0.3 is 0 Å². The fourth-order valence-electron chi connectivity index (χ4n) is 2.82. The van der Waals surface area contributed by atoms with Crippen LogP contribution in [0.25, 0.3) is 16.6 Å². The predicted octanol–water partition coefficient (Wildman–Crippen LogP) is 3.99. The molecule has 1 aliphatic heterocycles. The first-order valence-corrected chi connectivity index (χ1v) is 7.06. The van der Waals surface area contributed by atoms with Gasteiger partial charge in [0.25, 0.3) is 0 Å². The van der Waals surface area contributed by atoms with E-state index in [9.17, 15) is 0 Å². The normalized spacial score (nSPS) is 17.7. The van der Waals surface area contributed by atoms with E-state index < -0.39 is 0 Å². The highest BCUT2D eigenvalue weighted by atomic mass is 15.2. The Kier molecular flexibility index (Phi) is 2.98. The van der Waals surface area contributed by atoms with Gasteiger partial charge in [0.1, 0.15) is 0 Å². The molecule has 0 saturated carbocycles. The van der Waals surface area contributed by atoms with Gasteiger partial charge in [0.05, 0.1) is 5.52 Å². The highest BCUT2D eigenvalue weighted by Gasteiger charge is 2.23. The number of benzene rings is 1. The average Bonchev–Trinajstić information content (AvgIpc) is 2.82. The number of fused-ring (bicyclic) bond motifs is 1. The van der Waals surface area contributed by atoms with Crippen molar-refractivity contribution in [3.8, 4) is 0 Å². The molecule has 1 aromatic carbocycles. The predicted molar refractivity (Wildman–Crippen MR) is 82.2 cm³/mol. The zero-order valence-electron chi connectivity index (χ0n) is 12.1. The minimum atomic E-state index is 0.265. The average molecular weight is 254 g/mol. The Hall–Kier alpha value is -1.54. The van der Waals surface area contributed by atoms with Crippen LogP contribution in [0, 0.1) is 0 Å². The molecular formula is C17H22N2. The molecule has 0 aliphatic carbocycles. The fourth-order valence-corrected chi connectivity index (χ4v) is 2.82. The van der Waals surface area contributed by atoms with Crippen LogP contribution < -0.4 is 0 Å². The molecule has 0 spiro atoms. The van der Waals surface area contributed by atoms with Crippen LogP contribution in [0.4, 0.5) is 0 Å². The van der Waals surface area contributed by atoms with Crippen LogP contribution >= 0.6 is 0 Å². The lowest BCUT2D eigenvalue weighted by molar-refractivity contribution is 0.152. The van der Waals surface area contributed by atoms with Crippen molar-refractivity contribution in [3.05, 3.63) is 42.6 Å². The second-order valence-electron chi connectivity index (χ2n) is 6.31. The van der Waals surface area contributed by atoms with E-state index in [2.05, 4.69) is 72.8 Å². The highest BCUT2D eigenvalue weighted by molar-refractivity contribution is 5.83. The summed E-state index contributed by atoms with van der Waals surface area (Å²) in [5, 5.41) is 1.32. The maximum absolute atomic E-state index is 2.53. The topological polar surface area (TPSA) is 8.17 Å². The zero-order valence-corrected chi connectivity index (χ0v) is 12.1. The van der Waals surface area contributed by atoms with Crippen molar-refractivity contribution >= 4 is 16.6 Å². The minimum Gasteiger partial charge on any atom is -0.321 e. The van der Waals surface area contributed by atoms with E-state index >= 15 is 0 Å². The molecule has 2 heteroatoms. The molecule has 0 radical (unpaired) electrons. The zero-order chi connectivity index (χ0) is 13.5. The third-order valence-electron chi connectivity index (χ3n) is 4.04. The third-order valence-corrected chi connectivity index (χ3v) is 4.04. The summed E-state index contributed by atoms with van der Waals surface area (Å²) in [6, 6.07) is 10.8. The summed E-state index contributed by atoms with van der Waals surface area (Å²) in [5.41, 5.74) is 3.01. The highest BCUT2D eigenvalue weighted by Crippen LogP contribution is 2.26. The largest absolute Gasteiger partial charge is 0.321 e. The van der Waals surface area contributed by atoms with Gasteiger partial charge in [-0.15, -0.1) is 0 Å². The molecule has 0 unspecified atom stereocenters. The summed E-state index contributed by atoms with van der Waals surface area (Å²) in [6.45, 7) is 9.05. The molecule has 2 nitrogen and oxygen atoms in total. The van der Waals surface area contributed by atoms with Crippen LogP contribution in [0.5, 0.6) is 0 Å². The van der Waals surface area contributed by atoms with Gasteiger partial charge in [-0.3, -0.25) is 4.90 Å². The van der Waals surface area contributed by atoms with E-state index in [0.717, 1.165) is 19.5 Å². The molecule has 0 saturated heterocycles. The second-order valence-corrected chi connectivity index (χ2v) is 6.31. The number of nitrogens with zero attached hydrogens (tertiary/aromatic N) is 2. The van der Waals surface area contributed by atoms with Crippen molar-refractivity contribution in [1.29, 1.82) is 0 Å². The Morgan fingerprint density at radius 2 is 1.84 bits per heavy atom. The smallest absolute Gasteiger partial charge is 0.0525 e. The number of aromatic nitrogens is 1. The number of rotatable bonds is 1. The molecule has 0 N–H and O–H groups in total. The van der Waals surface area contributed by atoms with E-state index in [1.807, 2.05) is 0 Å². The van der Waals surface area contributed by atoms with Crippen LogP contribution in [0.3, 0.4) is 0 Å². The third kappa shape index (κ3) is 2.33. The Morgan fingerprint density at radius 3 is 2.53 bits per heavy atom. The summed E-state index contributed by atoms with van der Waals surface area (Å²) in [5.74, 6) is 0. The minimum absolute atomic E-state index is 0.265. The first-order valence-electron chi connectivity index (χ1n) is 7.06. The first-order chi connectivity index (χ1) is 9.05. The molecular weight excluding hydrogens is 232 g/mol. The SMILES string of the molecule is CC(C)(C)N1CC=C(n2ccc3ccccc32)CC1. The summed E-state index contributed by atoms with van der Waals surface area (Å²) >= 11 is 0. The molecule has 0 amide bonds. The van der Waals surface area contributed by atoms with Gasteiger partial charge in [-0.05, 0) is 38.3 Å². The molecule has 3 rings (SSSR count). The molecule has 2 aromatic rings. The Morgan fingerprint density at radius 1 is 1.05 bits per heavy atom. The standard InChI is InChI=1S/C17H22N2/c1-17(2,3)18-11-9-15(10-12-18)19-13-8-14-6-4-5-7-16(14)19/h4-9,13H,10-12H2,1-3H3. The lowest BCUT2D eigenvalue weighted by Gasteiger charge is -2.37. The fraction of sp³-hybridized carbons (Fsp3) is 0.412. The maximum Gasteiger partial charge on any atom is 0.0525 e. The monoisotopic (exact) mass is 254 g/mol. The lowest BCUT2D eigenvalue weighted by Crippen LogP contribution is -2.43. The Balaban J connectivity index is 1.90. The van der Waals surface area contributed by atoms with Crippen LogP contribution in [0.1, 0.15) is 27.2 Å². The summed E-state index contributed by atoms with van der Waals surface area (Å²) in [6.07, 6.45) is 5.69. The molecule has 1 aliphatic rings. The van der Waals surface area contributed by atoms with Crippen molar-refractivity contribution in [2.45, 2.75) is 32.7 Å². The summed E-state index contributed by atoms with van der Waals surface area (Å²) in [7, 11) is 0. The quantitative estimate of drug-likeness (QED) is 0.747. The number of hydrogen-bond donors (Lipinski definition) is 0. The van der Waals surface area contributed by atoms with Crippen molar-refractivity contribution in [2.75, 3.05) is 13.1 Å². The van der Waals surface area contributed by atoms with Crippen molar-refractivity contribution < 1.29 is 0 Å². The number of hydrogen-bond acceptors (Lipinski definition) is 1. The molecule has 0 bridgehead atoms. The van der Waals surface area contributed by atoms with E-state index in [1.54, 1.807) is 0 Å². The van der Waals surface area contributed by atoms with Gasteiger partial charge in [-0.2, -0.15) is 0 Å². The van der Waals surface area contributed by atoms with Gasteiger partial charge < -0.3 is 4.57 Å². The number of para-hydroxylation sites is 1. The van der Waals surface area contributed by atoms with Crippen LogP contribution in [-0.2, 0) is 0 Å². The van der Waals surface area contributed by atoms with Crippen LogP contribution in [0.2, 0.25) is 0 Å². The van der Waals surface area contributed by atoms with Gasteiger partial charge in [0, 0.05) is 36.9 Å².